The van der Waals surface area contributed by atoms with Crippen LogP contribution in [0.3, 0.4) is 0 Å². The monoisotopic (exact) mass is 206 g/mol. The van der Waals surface area contributed by atoms with Crippen LogP contribution in [0.25, 0.3) is 0 Å². The molecule has 1 unspecified atom stereocenters. The molecule has 0 saturated heterocycles. The second-order valence-electron chi connectivity index (χ2n) is 2.78. The number of aliphatic hydroxyl groups excluding tert-OH is 1. The number of H-pyrrole nitrogens is 1. The fraction of sp³-hybridized carbons (Fsp3) is 0.500. The molecule has 1 atom stereocenters. The van der Waals surface area contributed by atoms with Gasteiger partial charge >= 0.3 is 7.60 Å². The van der Waals surface area contributed by atoms with Crippen molar-refractivity contribution in [1.82, 2.24) is 9.97 Å². The molecule has 0 aliphatic rings. The van der Waals surface area contributed by atoms with Crippen LogP contribution in [0, 0.1) is 0 Å². The highest BCUT2D eigenvalue weighted by atomic mass is 31.2. The Hall–Kier alpha value is -0.680. The van der Waals surface area contributed by atoms with Gasteiger partial charge in [0, 0.05) is 18.3 Å². The average Bonchev–Trinajstić information content (AvgIpc) is 2.34. The molecule has 0 aliphatic carbocycles. The molecule has 4 N–H and O–H groups in total. The van der Waals surface area contributed by atoms with E-state index < -0.39 is 19.9 Å². The van der Waals surface area contributed by atoms with Crippen LogP contribution in [0.5, 0.6) is 0 Å². The van der Waals surface area contributed by atoms with E-state index >= 15 is 0 Å². The molecule has 6 nitrogen and oxygen atoms in total. The van der Waals surface area contributed by atoms with E-state index in [0.717, 1.165) is 0 Å². The minimum absolute atomic E-state index is 0.172. The lowest BCUT2D eigenvalue weighted by Gasteiger charge is -2.09. The summed E-state index contributed by atoms with van der Waals surface area (Å²) in [7, 11) is -4.12. The zero-order chi connectivity index (χ0) is 9.90. The first-order chi connectivity index (χ1) is 5.97. The average molecular weight is 206 g/mol. The van der Waals surface area contributed by atoms with Gasteiger partial charge < -0.3 is 19.9 Å². The van der Waals surface area contributed by atoms with Crippen molar-refractivity contribution in [3.8, 4) is 0 Å². The van der Waals surface area contributed by atoms with Gasteiger partial charge in [-0.1, -0.05) is 0 Å². The van der Waals surface area contributed by atoms with Crippen molar-refractivity contribution in [2.24, 2.45) is 0 Å². The van der Waals surface area contributed by atoms with E-state index in [-0.39, 0.29) is 6.42 Å². The molecular formula is C6H11N2O4P. The van der Waals surface area contributed by atoms with Crippen molar-refractivity contribution in [3.05, 3.63) is 18.2 Å². The molecule has 0 fully saturated rings. The first kappa shape index (κ1) is 10.4. The maximum atomic E-state index is 10.5. The number of aliphatic hydroxyl groups is 1. The topological polar surface area (TPSA) is 106 Å². The summed E-state index contributed by atoms with van der Waals surface area (Å²) in [5.74, 6) is 0. The van der Waals surface area contributed by atoms with Gasteiger partial charge in [-0.2, -0.15) is 0 Å². The first-order valence-electron chi connectivity index (χ1n) is 3.67. The van der Waals surface area contributed by atoms with E-state index in [1.165, 1.54) is 12.5 Å². The fourth-order valence-electron chi connectivity index (χ4n) is 0.989. The largest absolute Gasteiger partial charge is 0.392 e. The Kier molecular flexibility index (Phi) is 3.22. The highest BCUT2D eigenvalue weighted by Crippen LogP contribution is 2.35. The minimum Gasteiger partial charge on any atom is -0.392 e. The standard InChI is InChI=1S/C6H11N2O4P/c9-6(3-13(10,11)12)1-5-2-7-4-8-5/h2,4,6,9H,1,3H2,(H,7,8)(H2,10,11,12). The van der Waals surface area contributed by atoms with Crippen LogP contribution in [0.2, 0.25) is 0 Å². The van der Waals surface area contributed by atoms with Gasteiger partial charge in [0.1, 0.15) is 0 Å². The van der Waals surface area contributed by atoms with Crippen molar-refractivity contribution in [3.63, 3.8) is 0 Å². The molecule has 0 radical (unpaired) electrons. The Balaban J connectivity index is 2.43. The van der Waals surface area contributed by atoms with E-state index in [1.807, 2.05) is 0 Å². The van der Waals surface area contributed by atoms with E-state index in [2.05, 4.69) is 9.97 Å². The lowest BCUT2D eigenvalue weighted by Crippen LogP contribution is -2.16. The predicted octanol–water partition coefficient (Wildman–Crippen LogP) is -0.509. The molecule has 1 heterocycles. The third-order valence-electron chi connectivity index (χ3n) is 1.46. The number of aromatic amines is 1. The maximum absolute atomic E-state index is 10.5. The summed E-state index contributed by atoms with van der Waals surface area (Å²) >= 11 is 0. The lowest BCUT2D eigenvalue weighted by molar-refractivity contribution is 0.188. The SMILES string of the molecule is O=P(O)(O)CC(O)Cc1cnc[nH]1. The first-order valence-corrected chi connectivity index (χ1v) is 5.47. The zero-order valence-corrected chi connectivity index (χ0v) is 7.69. The van der Waals surface area contributed by atoms with Crippen LogP contribution in [0.15, 0.2) is 12.5 Å². The van der Waals surface area contributed by atoms with Gasteiger partial charge in [0.15, 0.2) is 0 Å². The number of imidazole rings is 1. The molecule has 1 rings (SSSR count). The summed E-state index contributed by atoms with van der Waals surface area (Å²) in [6, 6.07) is 0. The molecule has 13 heavy (non-hydrogen) atoms. The van der Waals surface area contributed by atoms with Gasteiger partial charge in [0.25, 0.3) is 0 Å². The molecule has 0 aromatic carbocycles. The van der Waals surface area contributed by atoms with Crippen molar-refractivity contribution >= 4 is 7.60 Å². The fourth-order valence-corrected chi connectivity index (χ4v) is 1.67. The van der Waals surface area contributed by atoms with Crippen molar-refractivity contribution in [2.75, 3.05) is 6.16 Å². The summed E-state index contributed by atoms with van der Waals surface area (Å²) < 4.78 is 10.5. The number of hydrogen-bond acceptors (Lipinski definition) is 3. The van der Waals surface area contributed by atoms with Crippen molar-refractivity contribution in [2.45, 2.75) is 12.5 Å². The van der Waals surface area contributed by atoms with Gasteiger partial charge in [0.05, 0.1) is 18.6 Å². The Bertz CT molecular complexity index is 294. The molecule has 0 aliphatic heterocycles. The van der Waals surface area contributed by atoms with Gasteiger partial charge in [0.2, 0.25) is 0 Å². The van der Waals surface area contributed by atoms with Crippen molar-refractivity contribution < 1.29 is 19.5 Å². The Morgan fingerprint density at radius 3 is 2.77 bits per heavy atom. The molecule has 7 heteroatoms. The number of rotatable bonds is 4. The summed E-state index contributed by atoms with van der Waals surface area (Å²) in [6.07, 6.45) is 1.56. The Morgan fingerprint density at radius 1 is 1.62 bits per heavy atom. The molecule has 0 spiro atoms. The van der Waals surface area contributed by atoms with E-state index in [9.17, 15) is 9.67 Å². The maximum Gasteiger partial charge on any atom is 0.328 e. The van der Waals surface area contributed by atoms with Gasteiger partial charge in [-0.15, -0.1) is 0 Å². The summed E-state index contributed by atoms with van der Waals surface area (Å²) in [5.41, 5.74) is 0.654. The molecular weight excluding hydrogens is 195 g/mol. The lowest BCUT2D eigenvalue weighted by atomic mass is 10.2. The summed E-state index contributed by atoms with van der Waals surface area (Å²) in [5, 5.41) is 9.22. The quantitative estimate of drug-likeness (QED) is 0.496. The van der Waals surface area contributed by atoms with Crippen molar-refractivity contribution in [1.29, 1.82) is 0 Å². The summed E-state index contributed by atoms with van der Waals surface area (Å²) in [4.78, 5) is 23.5. The Labute approximate surface area is 74.8 Å². The third-order valence-corrected chi connectivity index (χ3v) is 2.36. The van der Waals surface area contributed by atoms with Crippen LogP contribution in [-0.2, 0) is 11.0 Å². The van der Waals surface area contributed by atoms with Gasteiger partial charge in [-0.05, 0) is 0 Å². The van der Waals surface area contributed by atoms with Crippen LogP contribution < -0.4 is 0 Å². The van der Waals surface area contributed by atoms with Gasteiger partial charge in [-0.25, -0.2) is 4.98 Å². The number of aromatic nitrogens is 2. The van der Waals surface area contributed by atoms with E-state index in [4.69, 9.17) is 9.79 Å². The normalized spacial score (nSPS) is 14.4. The van der Waals surface area contributed by atoms with E-state index in [0.29, 0.717) is 5.69 Å². The number of hydrogen-bond donors (Lipinski definition) is 4. The zero-order valence-electron chi connectivity index (χ0n) is 6.79. The molecule has 0 amide bonds. The Morgan fingerprint density at radius 2 is 2.31 bits per heavy atom. The van der Waals surface area contributed by atoms with Gasteiger partial charge in [-0.3, -0.25) is 4.57 Å². The highest BCUT2D eigenvalue weighted by Gasteiger charge is 2.19. The van der Waals surface area contributed by atoms with Crippen LogP contribution in [-0.4, -0.2) is 37.1 Å². The smallest absolute Gasteiger partial charge is 0.328 e. The molecule has 0 saturated carbocycles. The number of nitrogens with one attached hydrogen (secondary N) is 1. The molecule has 1 aromatic rings. The molecule has 74 valence electrons. The van der Waals surface area contributed by atoms with E-state index in [1.54, 1.807) is 0 Å². The van der Waals surface area contributed by atoms with Crippen LogP contribution >= 0.6 is 7.60 Å². The highest BCUT2D eigenvalue weighted by molar-refractivity contribution is 7.51. The molecule has 1 aromatic heterocycles. The van der Waals surface area contributed by atoms with Crippen LogP contribution in [0.4, 0.5) is 0 Å². The predicted molar refractivity (Wildman–Crippen MR) is 45.2 cm³/mol. The third kappa shape index (κ3) is 4.19. The number of nitrogens with zero attached hydrogens (tertiary/aromatic N) is 1. The second kappa shape index (κ2) is 4.02. The summed E-state index contributed by atoms with van der Waals surface area (Å²) in [6.45, 7) is 0. The molecule has 0 bridgehead atoms. The minimum atomic E-state index is -4.12. The van der Waals surface area contributed by atoms with Crippen LogP contribution in [0.1, 0.15) is 5.69 Å². The second-order valence-corrected chi connectivity index (χ2v) is 4.48.